The standard InChI is InChI=1S/C2HCl2FN/c1-6-2(3,4)5/h1H/q+1. The monoisotopic (exact) mass is 128 g/mol. The second-order valence-electron chi connectivity index (χ2n) is 0.597. The zero-order valence-electron chi connectivity index (χ0n) is 2.66. The topological polar surface area (TPSA) is 4.36 Å². The molecule has 0 radical (unpaired) electrons. The maximum absolute atomic E-state index is 11.4. The van der Waals surface area contributed by atoms with Crippen LogP contribution in [0.2, 0.25) is 0 Å². The molecule has 0 unspecified atom stereocenters. The Bertz CT molecular complexity index is 78.5. The summed E-state index contributed by atoms with van der Waals surface area (Å²) in [6.45, 7) is 4.29. The molecule has 1 nitrogen and oxygen atoms in total. The molecule has 34 valence electrons. The van der Waals surface area contributed by atoms with Gasteiger partial charge in [0.15, 0.2) is 0 Å². The summed E-state index contributed by atoms with van der Waals surface area (Å²) in [6, 6.07) is 0. The van der Waals surface area contributed by atoms with Crippen molar-refractivity contribution in [2.24, 2.45) is 0 Å². The predicted octanol–water partition coefficient (Wildman–Crippen LogP) is 2.01. The van der Waals surface area contributed by atoms with E-state index in [1.54, 1.807) is 0 Å². The van der Waals surface area contributed by atoms with Gasteiger partial charge in [0.1, 0.15) is 0 Å². The van der Waals surface area contributed by atoms with Gasteiger partial charge in [-0.2, -0.15) is 0 Å². The highest BCUT2D eigenvalue weighted by Gasteiger charge is 2.32. The minimum atomic E-state index is -2.61. The molecular formula is C2HCl2FN+. The number of alkyl halides is 3. The minimum Gasteiger partial charge on any atom is -0.125 e. The zero-order chi connectivity index (χ0) is 5.21. The van der Waals surface area contributed by atoms with Crippen molar-refractivity contribution in [3.63, 3.8) is 0 Å². The molecule has 0 atom stereocenters. The average Bonchev–Trinajstić information content (AvgIpc) is 1.35. The molecule has 0 aliphatic carbocycles. The van der Waals surface area contributed by atoms with Crippen molar-refractivity contribution in [2.75, 3.05) is 0 Å². The molecule has 0 aliphatic rings. The van der Waals surface area contributed by atoms with Crippen molar-refractivity contribution in [1.82, 2.24) is 0 Å². The minimum absolute atomic E-state index is 2.39. The Morgan fingerprint density at radius 2 is 1.83 bits per heavy atom. The lowest BCUT2D eigenvalue weighted by Gasteiger charge is -1.76. The summed E-state index contributed by atoms with van der Waals surface area (Å²) in [4.78, 5) is 2.39. The van der Waals surface area contributed by atoms with Crippen LogP contribution in [0.3, 0.4) is 0 Å². The van der Waals surface area contributed by atoms with Gasteiger partial charge in [-0.05, 0) is 4.85 Å². The third-order valence-corrected chi connectivity index (χ3v) is 0.342. The Kier molecular flexibility index (Phi) is 1.63. The van der Waals surface area contributed by atoms with Crippen LogP contribution in [0.5, 0.6) is 0 Å². The number of halogens is 3. The van der Waals surface area contributed by atoms with E-state index in [1.165, 1.54) is 0 Å². The molecule has 0 saturated carbocycles. The summed E-state index contributed by atoms with van der Waals surface area (Å²) >= 11 is 9.05. The fourth-order valence-electron chi connectivity index (χ4n) is 0. The van der Waals surface area contributed by atoms with Crippen molar-refractivity contribution >= 4 is 23.2 Å². The Morgan fingerprint density at radius 3 is 1.83 bits per heavy atom. The average molecular weight is 129 g/mol. The van der Waals surface area contributed by atoms with Gasteiger partial charge in [-0.1, -0.05) is 0 Å². The largest absolute Gasteiger partial charge is 0.579 e. The van der Waals surface area contributed by atoms with E-state index in [0.29, 0.717) is 0 Å². The predicted molar refractivity (Wildman–Crippen MR) is 23.8 cm³/mol. The number of nitrogens with zero attached hydrogens (tertiary/aromatic N) is 1. The quantitative estimate of drug-likeness (QED) is 0.348. The summed E-state index contributed by atoms with van der Waals surface area (Å²) in [7, 11) is 0. The van der Waals surface area contributed by atoms with E-state index in [9.17, 15) is 4.39 Å². The summed E-state index contributed by atoms with van der Waals surface area (Å²) in [5.74, 6) is 0. The van der Waals surface area contributed by atoms with Gasteiger partial charge in [-0.3, -0.25) is 0 Å². The van der Waals surface area contributed by atoms with Gasteiger partial charge in [0, 0.05) is 23.2 Å². The summed E-state index contributed by atoms with van der Waals surface area (Å²) < 4.78 is 8.75. The molecule has 0 N–H and O–H groups in total. The van der Waals surface area contributed by atoms with Crippen molar-refractivity contribution < 1.29 is 4.39 Å². The van der Waals surface area contributed by atoms with Crippen LogP contribution >= 0.6 is 23.2 Å². The summed E-state index contributed by atoms with van der Waals surface area (Å²) in [6.07, 6.45) is 0. The lowest BCUT2D eigenvalue weighted by atomic mass is 11.3. The van der Waals surface area contributed by atoms with Gasteiger partial charge < -0.3 is 0 Å². The molecule has 6 heavy (non-hydrogen) atoms. The smallest absolute Gasteiger partial charge is 0.125 e. The molecule has 0 saturated heterocycles. The fourth-order valence-corrected chi connectivity index (χ4v) is 0. The zero-order valence-corrected chi connectivity index (χ0v) is 4.17. The number of hydrogen-bond acceptors (Lipinski definition) is 0. The molecule has 0 heterocycles. The van der Waals surface area contributed by atoms with E-state index >= 15 is 0 Å². The van der Waals surface area contributed by atoms with Gasteiger partial charge in [0.05, 0.1) is 0 Å². The van der Waals surface area contributed by atoms with Crippen LogP contribution in [0.4, 0.5) is 4.39 Å². The molecule has 0 spiro atoms. The Hall–Kier alpha value is -0.000000000000000111. The van der Waals surface area contributed by atoms with Crippen LogP contribution in [0.15, 0.2) is 0 Å². The van der Waals surface area contributed by atoms with E-state index in [0.717, 1.165) is 0 Å². The first kappa shape index (κ1) is 6.00. The maximum atomic E-state index is 11.4. The third-order valence-electron chi connectivity index (χ3n) is 0.146. The Labute approximate surface area is 44.5 Å². The van der Waals surface area contributed by atoms with E-state index in [-0.39, 0.29) is 0 Å². The van der Waals surface area contributed by atoms with Gasteiger partial charge >= 0.3 is 4.71 Å². The molecule has 0 fully saturated rings. The highest BCUT2D eigenvalue weighted by atomic mass is 35.5. The van der Waals surface area contributed by atoms with Crippen molar-refractivity contribution in [1.29, 1.82) is 0 Å². The summed E-state index contributed by atoms with van der Waals surface area (Å²) in [5.41, 5.74) is 0. The molecule has 0 rings (SSSR count). The first-order valence-electron chi connectivity index (χ1n) is 1.05. The van der Waals surface area contributed by atoms with Gasteiger partial charge in [-0.25, -0.2) is 0 Å². The van der Waals surface area contributed by atoms with E-state index in [2.05, 4.69) is 34.6 Å². The highest BCUT2D eigenvalue weighted by Crippen LogP contribution is 2.22. The second-order valence-corrected chi connectivity index (χ2v) is 1.79. The molecule has 4 heteroatoms. The molecular weight excluding hydrogens is 128 g/mol. The second kappa shape index (κ2) is 1.63. The van der Waals surface area contributed by atoms with E-state index < -0.39 is 4.71 Å². The molecule has 0 aliphatic heterocycles. The molecule has 0 aromatic heterocycles. The fraction of sp³-hybridized carbons (Fsp3) is 0.500. The van der Waals surface area contributed by atoms with Crippen LogP contribution in [0.1, 0.15) is 0 Å². The molecule has 0 aromatic rings. The lowest BCUT2D eigenvalue weighted by molar-refractivity contribution is 0.461. The molecule has 0 aromatic carbocycles. The van der Waals surface area contributed by atoms with Crippen LogP contribution in [0, 0.1) is 6.57 Å². The van der Waals surface area contributed by atoms with Crippen molar-refractivity contribution in [2.45, 2.75) is 4.71 Å². The maximum Gasteiger partial charge on any atom is 0.579 e. The molecule has 0 bridgehead atoms. The number of rotatable bonds is 0. The Morgan fingerprint density at radius 1 is 1.67 bits per heavy atom. The van der Waals surface area contributed by atoms with Crippen LogP contribution in [0.25, 0.3) is 4.85 Å². The van der Waals surface area contributed by atoms with Gasteiger partial charge in [0.25, 0.3) is 6.57 Å². The first-order chi connectivity index (χ1) is 2.56. The lowest BCUT2D eigenvalue weighted by Crippen LogP contribution is -1.90. The van der Waals surface area contributed by atoms with Crippen LogP contribution in [-0.4, -0.2) is 4.71 Å². The van der Waals surface area contributed by atoms with E-state index in [1.807, 2.05) is 0 Å². The third kappa shape index (κ3) is 4.00. The number of hydrogen-bond donors (Lipinski definition) is 0. The van der Waals surface area contributed by atoms with Crippen LogP contribution < -0.4 is 0 Å². The van der Waals surface area contributed by atoms with Gasteiger partial charge in [-0.15, -0.1) is 4.39 Å². The normalized spacial score (nSPS) is 10.3. The molecule has 0 amide bonds. The first-order valence-corrected chi connectivity index (χ1v) is 1.80. The van der Waals surface area contributed by atoms with E-state index in [4.69, 9.17) is 0 Å². The SMILES string of the molecule is C#[N+]C(F)(Cl)Cl. The van der Waals surface area contributed by atoms with Crippen molar-refractivity contribution in [3.8, 4) is 6.57 Å². The van der Waals surface area contributed by atoms with Gasteiger partial charge in [0.2, 0.25) is 0 Å². The van der Waals surface area contributed by atoms with Crippen LogP contribution in [-0.2, 0) is 0 Å². The highest BCUT2D eigenvalue weighted by molar-refractivity contribution is 6.48. The summed E-state index contributed by atoms with van der Waals surface area (Å²) in [5, 5.41) is 0. The van der Waals surface area contributed by atoms with Crippen molar-refractivity contribution in [3.05, 3.63) is 4.85 Å². The Balaban J connectivity index is 3.55.